The Balaban J connectivity index is 2.50. The molecule has 2 aromatic carbocycles. The van der Waals surface area contributed by atoms with Crippen LogP contribution in [-0.2, 0) is 0 Å². The van der Waals surface area contributed by atoms with Gasteiger partial charge in [-0.15, -0.1) is 0 Å². The fourth-order valence-electron chi connectivity index (χ4n) is 2.29. The molecule has 0 amide bonds. The Kier molecular flexibility index (Phi) is 5.09. The van der Waals surface area contributed by atoms with Gasteiger partial charge in [-0.05, 0) is 83.0 Å². The van der Waals surface area contributed by atoms with Crippen molar-refractivity contribution in [1.82, 2.24) is 0 Å². The first-order valence-corrected chi connectivity index (χ1v) is 8.17. The number of halogens is 2. The van der Waals surface area contributed by atoms with E-state index in [1.54, 1.807) is 7.11 Å². The second kappa shape index (κ2) is 6.45. The minimum atomic E-state index is -0.149. The zero-order valence-corrected chi connectivity index (χ0v) is 15.4. The Morgan fingerprint density at radius 1 is 1.10 bits per heavy atom. The normalized spacial score (nSPS) is 12.3. The molecule has 1 unspecified atom stereocenters. The molecule has 2 N–H and O–H groups in total. The fraction of sp³-hybridized carbons (Fsp3) is 0.250. The maximum atomic E-state index is 6.47. The largest absolute Gasteiger partial charge is 0.496 e. The lowest BCUT2D eigenvalue weighted by Gasteiger charge is -2.19. The number of hydrogen-bond acceptors (Lipinski definition) is 2. The highest BCUT2D eigenvalue weighted by Gasteiger charge is 2.16. The number of hydrogen-bond donors (Lipinski definition) is 1. The van der Waals surface area contributed by atoms with Crippen LogP contribution in [0.4, 0.5) is 0 Å². The summed E-state index contributed by atoms with van der Waals surface area (Å²) in [6.45, 7) is 4.11. The summed E-state index contributed by atoms with van der Waals surface area (Å²) in [6.07, 6.45) is 0. The molecule has 1 atom stereocenters. The molecular weight excluding hydrogens is 429 g/mol. The first-order valence-electron chi connectivity index (χ1n) is 6.29. The lowest BCUT2D eigenvalue weighted by Crippen LogP contribution is -2.14. The van der Waals surface area contributed by atoms with Gasteiger partial charge in [0.2, 0.25) is 0 Å². The Morgan fingerprint density at radius 2 is 1.80 bits per heavy atom. The predicted molar refractivity (Wildman–Crippen MR) is 95.4 cm³/mol. The van der Waals surface area contributed by atoms with Crippen LogP contribution in [0.15, 0.2) is 34.8 Å². The van der Waals surface area contributed by atoms with Crippen molar-refractivity contribution < 1.29 is 4.74 Å². The molecule has 0 radical (unpaired) electrons. The van der Waals surface area contributed by atoms with Crippen LogP contribution in [0.3, 0.4) is 0 Å². The van der Waals surface area contributed by atoms with E-state index in [9.17, 15) is 0 Å². The van der Waals surface area contributed by atoms with Gasteiger partial charge in [0.25, 0.3) is 0 Å². The van der Waals surface area contributed by atoms with Gasteiger partial charge in [0, 0.05) is 8.04 Å². The Bertz CT molecular complexity index is 643. The Labute approximate surface area is 142 Å². The Morgan fingerprint density at radius 3 is 2.45 bits per heavy atom. The molecule has 0 aliphatic heterocycles. The average Bonchev–Trinajstić information content (AvgIpc) is 2.42. The molecular formula is C16H17BrINO. The van der Waals surface area contributed by atoms with Gasteiger partial charge < -0.3 is 10.5 Å². The second-order valence-corrected chi connectivity index (χ2v) is 6.92. The molecule has 2 rings (SSSR count). The molecule has 2 nitrogen and oxygen atoms in total. The van der Waals surface area contributed by atoms with E-state index in [0.717, 1.165) is 32.5 Å². The molecule has 0 aromatic heterocycles. The number of aryl methyl sites for hydroxylation is 2. The van der Waals surface area contributed by atoms with Crippen LogP contribution >= 0.6 is 38.5 Å². The SMILES string of the molecule is COc1cc(C)c(C(N)c2cc(I)ccc2Br)cc1C. The Hall–Kier alpha value is -0.590. The minimum absolute atomic E-state index is 0.149. The summed E-state index contributed by atoms with van der Waals surface area (Å²) in [5.74, 6) is 0.903. The van der Waals surface area contributed by atoms with Crippen LogP contribution in [0.5, 0.6) is 5.75 Å². The van der Waals surface area contributed by atoms with E-state index < -0.39 is 0 Å². The molecule has 0 heterocycles. The summed E-state index contributed by atoms with van der Waals surface area (Å²) in [7, 11) is 1.69. The molecule has 0 aliphatic carbocycles. The monoisotopic (exact) mass is 445 g/mol. The number of nitrogens with two attached hydrogens (primary N) is 1. The van der Waals surface area contributed by atoms with Gasteiger partial charge in [-0.3, -0.25) is 0 Å². The number of rotatable bonds is 3. The van der Waals surface area contributed by atoms with Crippen molar-refractivity contribution in [2.75, 3.05) is 7.11 Å². The zero-order valence-electron chi connectivity index (χ0n) is 11.7. The average molecular weight is 446 g/mol. The van der Waals surface area contributed by atoms with Gasteiger partial charge in [0.1, 0.15) is 5.75 Å². The van der Waals surface area contributed by atoms with E-state index in [4.69, 9.17) is 10.5 Å². The summed E-state index contributed by atoms with van der Waals surface area (Å²) in [5, 5.41) is 0. The smallest absolute Gasteiger partial charge is 0.122 e. The summed E-state index contributed by atoms with van der Waals surface area (Å²) in [6, 6.07) is 10.2. The van der Waals surface area contributed by atoms with Crippen molar-refractivity contribution in [3.8, 4) is 5.75 Å². The molecule has 0 spiro atoms. The molecule has 0 saturated heterocycles. The van der Waals surface area contributed by atoms with Crippen LogP contribution in [0.1, 0.15) is 28.3 Å². The maximum absolute atomic E-state index is 6.47. The number of ether oxygens (including phenoxy) is 1. The van der Waals surface area contributed by atoms with Crippen LogP contribution < -0.4 is 10.5 Å². The molecule has 106 valence electrons. The minimum Gasteiger partial charge on any atom is -0.496 e. The first-order chi connectivity index (χ1) is 9.43. The highest BCUT2D eigenvalue weighted by molar-refractivity contribution is 14.1. The number of benzene rings is 2. The van der Waals surface area contributed by atoms with Gasteiger partial charge in [-0.1, -0.05) is 22.0 Å². The van der Waals surface area contributed by atoms with Crippen LogP contribution in [0.25, 0.3) is 0 Å². The van der Waals surface area contributed by atoms with Gasteiger partial charge in [0.05, 0.1) is 13.2 Å². The van der Waals surface area contributed by atoms with E-state index in [2.05, 4.69) is 63.6 Å². The molecule has 0 fully saturated rings. The van der Waals surface area contributed by atoms with Crippen molar-refractivity contribution in [2.24, 2.45) is 5.73 Å². The van der Waals surface area contributed by atoms with Crippen LogP contribution in [-0.4, -0.2) is 7.11 Å². The third-order valence-corrected chi connectivity index (χ3v) is 4.80. The summed E-state index contributed by atoms with van der Waals surface area (Å²) < 4.78 is 7.58. The van der Waals surface area contributed by atoms with Crippen LogP contribution in [0.2, 0.25) is 0 Å². The fourth-order valence-corrected chi connectivity index (χ4v) is 3.30. The standard InChI is InChI=1S/C16H17BrINO/c1-9-7-15(20-3)10(2)6-12(9)16(19)13-8-11(18)4-5-14(13)17/h4-8,16H,19H2,1-3H3. The summed E-state index contributed by atoms with van der Waals surface area (Å²) >= 11 is 5.90. The van der Waals surface area contributed by atoms with Crippen molar-refractivity contribution in [2.45, 2.75) is 19.9 Å². The van der Waals surface area contributed by atoms with E-state index in [1.165, 1.54) is 3.57 Å². The topological polar surface area (TPSA) is 35.2 Å². The molecule has 20 heavy (non-hydrogen) atoms. The van der Waals surface area contributed by atoms with E-state index in [0.29, 0.717) is 0 Å². The molecule has 0 bridgehead atoms. The van der Waals surface area contributed by atoms with Crippen molar-refractivity contribution >= 4 is 38.5 Å². The molecule has 0 aliphatic rings. The third-order valence-electron chi connectivity index (χ3n) is 3.41. The summed E-state index contributed by atoms with van der Waals surface area (Å²) in [5.41, 5.74) is 11.0. The highest BCUT2D eigenvalue weighted by Crippen LogP contribution is 2.32. The number of methoxy groups -OCH3 is 1. The zero-order chi connectivity index (χ0) is 14.9. The summed E-state index contributed by atoms with van der Waals surface area (Å²) in [4.78, 5) is 0. The van der Waals surface area contributed by atoms with Crippen molar-refractivity contribution in [1.29, 1.82) is 0 Å². The highest BCUT2D eigenvalue weighted by atomic mass is 127. The molecule has 4 heteroatoms. The quantitative estimate of drug-likeness (QED) is 0.693. The lowest BCUT2D eigenvalue weighted by molar-refractivity contribution is 0.411. The van der Waals surface area contributed by atoms with E-state index in [-0.39, 0.29) is 6.04 Å². The van der Waals surface area contributed by atoms with Gasteiger partial charge in [0.15, 0.2) is 0 Å². The molecule has 2 aromatic rings. The van der Waals surface area contributed by atoms with Crippen LogP contribution in [0, 0.1) is 17.4 Å². The van der Waals surface area contributed by atoms with Crippen molar-refractivity contribution in [3.63, 3.8) is 0 Å². The van der Waals surface area contributed by atoms with Gasteiger partial charge in [-0.2, -0.15) is 0 Å². The van der Waals surface area contributed by atoms with Gasteiger partial charge >= 0.3 is 0 Å². The van der Waals surface area contributed by atoms with E-state index >= 15 is 0 Å². The maximum Gasteiger partial charge on any atom is 0.122 e. The second-order valence-electron chi connectivity index (χ2n) is 4.82. The first kappa shape index (κ1) is 15.8. The van der Waals surface area contributed by atoms with Crippen molar-refractivity contribution in [3.05, 3.63) is 60.6 Å². The van der Waals surface area contributed by atoms with E-state index in [1.807, 2.05) is 19.1 Å². The van der Waals surface area contributed by atoms with Gasteiger partial charge in [-0.25, -0.2) is 0 Å². The third kappa shape index (κ3) is 3.18. The lowest BCUT2D eigenvalue weighted by atomic mass is 9.94. The predicted octanol–water partition coefficient (Wildman–Crippen LogP) is 4.73. The molecule has 0 saturated carbocycles.